The molecule has 212 valence electrons. The van der Waals surface area contributed by atoms with E-state index in [4.69, 9.17) is 24.3 Å². The molecule has 10 nitrogen and oxygen atoms in total. The number of aliphatic hydroxyl groups excluding tert-OH is 1. The van der Waals surface area contributed by atoms with Crippen molar-refractivity contribution in [2.24, 2.45) is 10.1 Å². The molecule has 3 aromatic carbocycles. The number of aliphatic imine (C=N–C) groups is 1. The lowest BCUT2D eigenvalue weighted by molar-refractivity contribution is -0.143. The predicted octanol–water partition coefficient (Wildman–Crippen LogP) is 5.51. The summed E-state index contributed by atoms with van der Waals surface area (Å²) in [5.74, 6) is 0.800. The van der Waals surface area contributed by atoms with Gasteiger partial charge in [-0.1, -0.05) is 63.5 Å². The maximum absolute atomic E-state index is 14.6. The molecule has 2 aliphatic rings. The summed E-state index contributed by atoms with van der Waals surface area (Å²) >= 11 is 3.67. The number of azide groups is 1. The number of aliphatic hydroxyl groups is 1. The molecule has 2 atom stereocenters. The zero-order valence-electron chi connectivity index (χ0n) is 22.4. The predicted molar refractivity (Wildman–Crippen MR) is 157 cm³/mol. The fraction of sp³-hybridized carbons (Fsp3) is 0.333. The highest BCUT2D eigenvalue weighted by molar-refractivity contribution is 9.10. The second-order valence-electron chi connectivity index (χ2n) is 9.71. The Morgan fingerprint density at radius 3 is 2.59 bits per heavy atom. The van der Waals surface area contributed by atoms with Crippen molar-refractivity contribution >= 4 is 33.4 Å². The van der Waals surface area contributed by atoms with Crippen molar-refractivity contribution in [1.82, 2.24) is 4.90 Å². The monoisotopic (exact) mass is 619 g/mol. The number of ether oxygens (including phenoxy) is 3. The quantitative estimate of drug-likeness (QED) is 0.138. The zero-order valence-corrected chi connectivity index (χ0v) is 23.9. The molecule has 0 aliphatic carbocycles. The molecule has 0 bridgehead atoms. The Morgan fingerprint density at radius 1 is 1.12 bits per heavy atom. The molecule has 1 fully saturated rings. The average Bonchev–Trinajstić information content (AvgIpc) is 3.39. The van der Waals surface area contributed by atoms with Crippen LogP contribution in [-0.4, -0.2) is 66.9 Å². The van der Waals surface area contributed by atoms with Gasteiger partial charge in [-0.25, -0.2) is 4.99 Å². The Balaban J connectivity index is 1.63. The van der Waals surface area contributed by atoms with Gasteiger partial charge in [0.2, 0.25) is 5.90 Å². The molecule has 0 unspecified atom stereocenters. The highest BCUT2D eigenvalue weighted by Crippen LogP contribution is 2.46. The van der Waals surface area contributed by atoms with E-state index in [2.05, 4.69) is 26.0 Å². The number of carbonyl (C=O) groups is 1. The van der Waals surface area contributed by atoms with E-state index < -0.39 is 11.6 Å². The van der Waals surface area contributed by atoms with Crippen LogP contribution < -0.4 is 4.74 Å². The first-order valence-electron chi connectivity index (χ1n) is 13.4. The third-order valence-electron chi connectivity index (χ3n) is 7.10. The van der Waals surface area contributed by atoms with Gasteiger partial charge in [0, 0.05) is 58.7 Å². The number of benzene rings is 3. The van der Waals surface area contributed by atoms with Crippen LogP contribution >= 0.6 is 15.9 Å². The van der Waals surface area contributed by atoms with E-state index in [0.29, 0.717) is 67.8 Å². The van der Waals surface area contributed by atoms with Gasteiger partial charge in [0.1, 0.15) is 5.75 Å². The molecule has 11 heteroatoms. The summed E-state index contributed by atoms with van der Waals surface area (Å²) in [7, 11) is 0. The minimum Gasteiger partial charge on any atom is -0.494 e. The third kappa shape index (κ3) is 6.23. The smallest absolute Gasteiger partial charge is 0.255 e. The van der Waals surface area contributed by atoms with Crippen molar-refractivity contribution < 1.29 is 24.1 Å². The van der Waals surface area contributed by atoms with Gasteiger partial charge in [0.05, 0.1) is 19.8 Å². The summed E-state index contributed by atoms with van der Waals surface area (Å²) in [5, 5.41) is 12.9. The normalized spacial score (nSPS) is 20.1. The van der Waals surface area contributed by atoms with E-state index in [0.717, 1.165) is 10.0 Å². The summed E-state index contributed by atoms with van der Waals surface area (Å²) in [5.41, 5.74) is 10.4. The minimum absolute atomic E-state index is 0.0568. The molecule has 5 rings (SSSR count). The van der Waals surface area contributed by atoms with Gasteiger partial charge in [-0.2, -0.15) is 0 Å². The van der Waals surface area contributed by atoms with E-state index in [1.165, 1.54) is 0 Å². The number of amides is 1. The van der Waals surface area contributed by atoms with Crippen LogP contribution in [0.4, 0.5) is 5.69 Å². The molecule has 41 heavy (non-hydrogen) atoms. The van der Waals surface area contributed by atoms with Crippen LogP contribution in [0.1, 0.15) is 29.2 Å². The average molecular weight is 621 g/mol. The van der Waals surface area contributed by atoms with Gasteiger partial charge in [0.15, 0.2) is 11.6 Å². The molecular formula is C30H30BrN5O5. The number of nitrogens with zero attached hydrogens (tertiary/aromatic N) is 5. The Morgan fingerprint density at radius 2 is 1.85 bits per heavy atom. The van der Waals surface area contributed by atoms with Gasteiger partial charge in [-0.05, 0) is 41.4 Å². The molecule has 0 spiro atoms. The zero-order chi connectivity index (χ0) is 28.7. The van der Waals surface area contributed by atoms with E-state index in [9.17, 15) is 10.3 Å². The van der Waals surface area contributed by atoms with Crippen LogP contribution in [0.3, 0.4) is 0 Å². The van der Waals surface area contributed by atoms with Crippen LogP contribution in [0.5, 0.6) is 5.75 Å². The van der Waals surface area contributed by atoms with E-state index >= 15 is 0 Å². The summed E-state index contributed by atoms with van der Waals surface area (Å²) in [6.45, 7) is 2.20. The SMILES string of the molecule is [N-]=[N+]=Nc1ccccc1C[C@@]1(C(=O)N2CCOCC2)N=C(c2ccc(OCCCO)cc2)O[C@@H]1c1ccccc1Br. The largest absolute Gasteiger partial charge is 0.494 e. The summed E-state index contributed by atoms with van der Waals surface area (Å²) in [6, 6.07) is 22.2. The lowest BCUT2D eigenvalue weighted by Crippen LogP contribution is -2.54. The van der Waals surface area contributed by atoms with E-state index in [-0.39, 0.29) is 18.9 Å². The Kier molecular flexibility index (Phi) is 9.21. The molecule has 0 aromatic heterocycles. The number of carbonyl (C=O) groups excluding carboxylic acids is 1. The molecule has 2 aliphatic heterocycles. The molecule has 1 saturated heterocycles. The standard InChI is InChI=1S/C30H30BrN5O5/c31-25-8-3-2-7-24(25)27-30(29(38)36-14-18-39-19-15-36,20-22-6-1-4-9-26(22)34-35-32)33-28(41-27)21-10-12-23(13-11-21)40-17-5-16-37/h1-4,6-13,27,37H,5,14-20H2/t27-,30-/m1/s1. The summed E-state index contributed by atoms with van der Waals surface area (Å²) in [6.07, 6.45) is -0.0895. The summed E-state index contributed by atoms with van der Waals surface area (Å²) < 4.78 is 18.6. The molecular weight excluding hydrogens is 590 g/mol. The van der Waals surface area contributed by atoms with Gasteiger partial charge >= 0.3 is 0 Å². The van der Waals surface area contributed by atoms with Crippen LogP contribution in [-0.2, 0) is 20.7 Å². The van der Waals surface area contributed by atoms with Gasteiger partial charge in [-0.15, -0.1) is 0 Å². The van der Waals surface area contributed by atoms with Crippen LogP contribution in [0, 0.1) is 0 Å². The Bertz CT molecular complexity index is 1450. The Hall–Kier alpha value is -3.89. The van der Waals surface area contributed by atoms with Gasteiger partial charge in [0.25, 0.3) is 5.91 Å². The van der Waals surface area contributed by atoms with Crippen molar-refractivity contribution in [2.45, 2.75) is 24.5 Å². The Labute approximate surface area is 246 Å². The highest BCUT2D eigenvalue weighted by atomic mass is 79.9. The number of hydrogen-bond donors (Lipinski definition) is 1. The lowest BCUT2D eigenvalue weighted by atomic mass is 9.81. The maximum Gasteiger partial charge on any atom is 0.255 e. The number of hydrogen-bond acceptors (Lipinski definition) is 7. The number of halogens is 1. The molecule has 0 saturated carbocycles. The van der Waals surface area contributed by atoms with E-state index in [1.807, 2.05) is 60.7 Å². The van der Waals surface area contributed by atoms with Gasteiger partial charge < -0.3 is 24.2 Å². The second kappa shape index (κ2) is 13.2. The first-order valence-corrected chi connectivity index (χ1v) is 14.2. The highest BCUT2D eigenvalue weighted by Gasteiger charge is 2.55. The van der Waals surface area contributed by atoms with Crippen molar-refractivity contribution in [3.8, 4) is 5.75 Å². The van der Waals surface area contributed by atoms with Crippen LogP contribution in [0.25, 0.3) is 10.4 Å². The number of rotatable bonds is 10. The van der Waals surface area contributed by atoms with Crippen LogP contribution in [0.2, 0.25) is 0 Å². The van der Waals surface area contributed by atoms with Crippen molar-refractivity contribution in [3.63, 3.8) is 0 Å². The molecule has 3 aromatic rings. The first kappa shape index (κ1) is 28.6. The molecule has 2 heterocycles. The fourth-order valence-corrected chi connectivity index (χ4v) is 5.56. The second-order valence-corrected chi connectivity index (χ2v) is 10.6. The van der Waals surface area contributed by atoms with Crippen molar-refractivity contribution in [1.29, 1.82) is 0 Å². The fourth-order valence-electron chi connectivity index (χ4n) is 5.07. The third-order valence-corrected chi connectivity index (χ3v) is 7.82. The summed E-state index contributed by atoms with van der Waals surface area (Å²) in [4.78, 5) is 24.5. The molecule has 1 amide bonds. The minimum atomic E-state index is -1.39. The lowest BCUT2D eigenvalue weighted by Gasteiger charge is -2.37. The van der Waals surface area contributed by atoms with E-state index in [1.54, 1.807) is 17.0 Å². The molecule has 0 radical (unpaired) electrons. The van der Waals surface area contributed by atoms with Crippen molar-refractivity contribution in [2.75, 3.05) is 39.5 Å². The number of morpholine rings is 1. The van der Waals surface area contributed by atoms with Crippen molar-refractivity contribution in [3.05, 3.63) is 104 Å². The first-order chi connectivity index (χ1) is 20.1. The maximum atomic E-state index is 14.6. The topological polar surface area (TPSA) is 129 Å². The molecule has 1 N–H and O–H groups in total. The van der Waals surface area contributed by atoms with Gasteiger partial charge in [-0.3, -0.25) is 4.79 Å². The van der Waals surface area contributed by atoms with Crippen LogP contribution in [0.15, 0.2) is 87.4 Å².